The number of fused-ring (bicyclic) bond motifs is 1. The van der Waals surface area contributed by atoms with Gasteiger partial charge >= 0.3 is 0 Å². The van der Waals surface area contributed by atoms with Gasteiger partial charge in [-0.2, -0.15) is 0 Å². The van der Waals surface area contributed by atoms with Gasteiger partial charge in [-0.3, -0.25) is 10.1 Å². The average molecular weight is 388 g/mol. The summed E-state index contributed by atoms with van der Waals surface area (Å²) in [5.41, 5.74) is 2.82. The van der Waals surface area contributed by atoms with Gasteiger partial charge in [0.2, 0.25) is 5.91 Å². The fourth-order valence-electron chi connectivity index (χ4n) is 3.27. The number of benzene rings is 3. The molecule has 0 saturated heterocycles. The molecule has 0 aromatic heterocycles. The lowest BCUT2D eigenvalue weighted by Crippen LogP contribution is -2.42. The van der Waals surface area contributed by atoms with Gasteiger partial charge in [0.25, 0.3) is 0 Å². The van der Waals surface area contributed by atoms with Crippen molar-refractivity contribution in [2.45, 2.75) is 19.1 Å². The fourth-order valence-corrected chi connectivity index (χ4v) is 3.27. The van der Waals surface area contributed by atoms with Crippen molar-refractivity contribution < 1.29 is 14.3 Å². The SMILES string of the molecule is Cc1ccc(NC(=O)[C@H](NC[C@H]2COc3ccccc3O2)c2ccccc2)cc1. The number of nitrogens with one attached hydrogen (secondary N) is 2. The molecule has 3 aromatic rings. The van der Waals surface area contributed by atoms with Crippen LogP contribution in [0.25, 0.3) is 0 Å². The molecule has 2 atom stereocenters. The normalized spacial score (nSPS) is 16.1. The zero-order valence-electron chi connectivity index (χ0n) is 16.3. The van der Waals surface area contributed by atoms with Crippen molar-refractivity contribution in [1.29, 1.82) is 0 Å². The molecule has 4 rings (SSSR count). The quantitative estimate of drug-likeness (QED) is 0.667. The summed E-state index contributed by atoms with van der Waals surface area (Å²) in [6.07, 6.45) is -0.178. The van der Waals surface area contributed by atoms with Crippen LogP contribution < -0.4 is 20.1 Å². The highest BCUT2D eigenvalue weighted by Gasteiger charge is 2.25. The van der Waals surface area contributed by atoms with Crippen LogP contribution in [0.4, 0.5) is 5.69 Å². The predicted octanol–water partition coefficient (Wildman–Crippen LogP) is 4.10. The van der Waals surface area contributed by atoms with Gasteiger partial charge in [0.15, 0.2) is 11.5 Å². The van der Waals surface area contributed by atoms with Gasteiger partial charge in [0, 0.05) is 12.2 Å². The molecule has 0 spiro atoms. The number of para-hydroxylation sites is 2. The molecule has 0 aliphatic carbocycles. The topological polar surface area (TPSA) is 59.6 Å². The maximum Gasteiger partial charge on any atom is 0.246 e. The molecule has 5 nitrogen and oxygen atoms in total. The van der Waals surface area contributed by atoms with Crippen molar-refractivity contribution in [3.05, 3.63) is 90.0 Å². The molecule has 0 saturated carbocycles. The molecule has 3 aromatic carbocycles. The highest BCUT2D eigenvalue weighted by Crippen LogP contribution is 2.30. The van der Waals surface area contributed by atoms with Crippen molar-refractivity contribution in [2.24, 2.45) is 0 Å². The minimum Gasteiger partial charge on any atom is -0.486 e. The number of hydrogen-bond donors (Lipinski definition) is 2. The van der Waals surface area contributed by atoms with Crippen molar-refractivity contribution >= 4 is 11.6 Å². The van der Waals surface area contributed by atoms with Gasteiger partial charge in [0.1, 0.15) is 18.8 Å². The second kappa shape index (κ2) is 8.80. The van der Waals surface area contributed by atoms with Crippen LogP contribution in [0.2, 0.25) is 0 Å². The number of hydrogen-bond acceptors (Lipinski definition) is 4. The van der Waals surface area contributed by atoms with Crippen molar-refractivity contribution in [3.8, 4) is 11.5 Å². The van der Waals surface area contributed by atoms with Crippen molar-refractivity contribution in [1.82, 2.24) is 5.32 Å². The molecule has 5 heteroatoms. The van der Waals surface area contributed by atoms with E-state index in [-0.39, 0.29) is 12.0 Å². The first-order valence-electron chi connectivity index (χ1n) is 9.73. The van der Waals surface area contributed by atoms with Crippen LogP contribution in [0.1, 0.15) is 17.2 Å². The molecular weight excluding hydrogens is 364 g/mol. The van der Waals surface area contributed by atoms with E-state index in [1.54, 1.807) is 0 Å². The molecule has 1 aliphatic rings. The lowest BCUT2D eigenvalue weighted by Gasteiger charge is -2.28. The number of carbonyl (C=O) groups excluding carboxylic acids is 1. The number of aryl methyl sites for hydroxylation is 1. The summed E-state index contributed by atoms with van der Waals surface area (Å²) < 4.78 is 11.8. The third-order valence-electron chi connectivity index (χ3n) is 4.83. The number of rotatable bonds is 6. The highest BCUT2D eigenvalue weighted by molar-refractivity contribution is 5.95. The number of anilines is 1. The molecule has 2 N–H and O–H groups in total. The first kappa shape index (κ1) is 19.0. The number of ether oxygens (including phenoxy) is 2. The van der Waals surface area contributed by atoms with Crippen LogP contribution in [-0.2, 0) is 4.79 Å². The molecule has 0 fully saturated rings. The lowest BCUT2D eigenvalue weighted by atomic mass is 10.1. The Labute approximate surface area is 170 Å². The third kappa shape index (κ3) is 4.76. The maximum absolute atomic E-state index is 13.0. The minimum atomic E-state index is -0.502. The summed E-state index contributed by atoms with van der Waals surface area (Å²) >= 11 is 0. The number of carbonyl (C=O) groups is 1. The van der Waals surface area contributed by atoms with E-state index < -0.39 is 6.04 Å². The van der Waals surface area contributed by atoms with E-state index in [4.69, 9.17) is 9.47 Å². The van der Waals surface area contributed by atoms with Crippen molar-refractivity contribution in [3.63, 3.8) is 0 Å². The molecule has 1 aliphatic heterocycles. The zero-order chi connectivity index (χ0) is 20.1. The minimum absolute atomic E-state index is 0.114. The predicted molar refractivity (Wildman–Crippen MR) is 113 cm³/mol. The lowest BCUT2D eigenvalue weighted by molar-refractivity contribution is -0.118. The average Bonchev–Trinajstić information content (AvgIpc) is 2.76. The first-order chi connectivity index (χ1) is 14.2. The van der Waals surface area contributed by atoms with E-state index >= 15 is 0 Å². The molecule has 0 unspecified atom stereocenters. The monoisotopic (exact) mass is 388 g/mol. The molecule has 0 bridgehead atoms. The van der Waals surface area contributed by atoms with Crippen LogP contribution in [0, 0.1) is 6.92 Å². The first-order valence-corrected chi connectivity index (χ1v) is 9.73. The van der Waals surface area contributed by atoms with Crippen LogP contribution in [0.3, 0.4) is 0 Å². The largest absolute Gasteiger partial charge is 0.486 e. The summed E-state index contributed by atoms with van der Waals surface area (Å²) in [5, 5.41) is 6.35. The van der Waals surface area contributed by atoms with Crippen molar-refractivity contribution in [2.75, 3.05) is 18.5 Å². The van der Waals surface area contributed by atoms with Gasteiger partial charge in [-0.05, 0) is 36.8 Å². The second-order valence-electron chi connectivity index (χ2n) is 7.10. The molecule has 1 heterocycles. The Kier molecular flexibility index (Phi) is 5.77. The molecule has 0 radical (unpaired) electrons. The highest BCUT2D eigenvalue weighted by atomic mass is 16.6. The van der Waals surface area contributed by atoms with Crippen LogP contribution in [0.15, 0.2) is 78.9 Å². The van der Waals surface area contributed by atoms with Gasteiger partial charge in [-0.1, -0.05) is 60.2 Å². The van der Waals surface area contributed by atoms with Gasteiger partial charge in [-0.15, -0.1) is 0 Å². The van der Waals surface area contributed by atoms with E-state index in [2.05, 4.69) is 10.6 Å². The summed E-state index contributed by atoms with van der Waals surface area (Å²) in [7, 11) is 0. The van der Waals surface area contributed by atoms with Gasteiger partial charge in [-0.25, -0.2) is 0 Å². The Bertz CT molecular complexity index is 957. The summed E-state index contributed by atoms with van der Waals surface area (Å²) in [5.74, 6) is 1.36. The Balaban J connectivity index is 1.45. The molecule has 29 heavy (non-hydrogen) atoms. The van der Waals surface area contributed by atoms with Crippen LogP contribution in [0.5, 0.6) is 11.5 Å². The zero-order valence-corrected chi connectivity index (χ0v) is 16.3. The van der Waals surface area contributed by atoms with E-state index in [9.17, 15) is 4.79 Å². The molecule has 1 amide bonds. The van der Waals surface area contributed by atoms with E-state index in [0.717, 1.165) is 28.3 Å². The van der Waals surface area contributed by atoms with Crippen LogP contribution >= 0.6 is 0 Å². The number of amides is 1. The smallest absolute Gasteiger partial charge is 0.246 e. The van der Waals surface area contributed by atoms with E-state index in [1.165, 1.54) is 0 Å². The summed E-state index contributed by atoms with van der Waals surface area (Å²) in [6, 6.07) is 24.6. The Hall–Kier alpha value is -3.31. The fraction of sp³-hybridized carbons (Fsp3) is 0.208. The summed E-state index contributed by atoms with van der Waals surface area (Å²) in [6.45, 7) is 2.94. The van der Waals surface area contributed by atoms with E-state index in [1.807, 2.05) is 85.8 Å². The van der Waals surface area contributed by atoms with Gasteiger partial charge < -0.3 is 14.8 Å². The van der Waals surface area contributed by atoms with Crippen LogP contribution in [-0.4, -0.2) is 25.2 Å². The second-order valence-corrected chi connectivity index (χ2v) is 7.10. The standard InChI is InChI=1S/C24H24N2O3/c1-17-11-13-19(14-12-17)26-24(27)23(18-7-3-2-4-8-18)25-15-20-16-28-21-9-5-6-10-22(21)29-20/h2-14,20,23,25H,15-16H2,1H3,(H,26,27)/t20-,23+/m0/s1. The third-order valence-corrected chi connectivity index (χ3v) is 4.83. The Morgan fingerprint density at radius 2 is 1.66 bits per heavy atom. The Morgan fingerprint density at radius 3 is 2.41 bits per heavy atom. The van der Waals surface area contributed by atoms with Gasteiger partial charge in [0.05, 0.1) is 0 Å². The van der Waals surface area contributed by atoms with E-state index in [0.29, 0.717) is 13.2 Å². The molecule has 148 valence electrons. The Morgan fingerprint density at radius 1 is 0.966 bits per heavy atom. The maximum atomic E-state index is 13.0. The molecular formula is C24H24N2O3. The summed E-state index contributed by atoms with van der Waals surface area (Å²) in [4.78, 5) is 13.0.